The van der Waals surface area contributed by atoms with Crippen LogP contribution < -0.4 is 5.32 Å². The lowest BCUT2D eigenvalue weighted by Crippen LogP contribution is -2.46. The lowest BCUT2D eigenvalue weighted by Gasteiger charge is -2.28. The van der Waals surface area contributed by atoms with Crippen molar-refractivity contribution in [1.82, 2.24) is 15.2 Å². The molecule has 0 saturated heterocycles. The minimum atomic E-state index is -0.284. The highest BCUT2D eigenvalue weighted by molar-refractivity contribution is 7.15. The van der Waals surface area contributed by atoms with Gasteiger partial charge >= 0.3 is 0 Å². The first kappa shape index (κ1) is 24.5. The number of aromatic nitrogens is 1. The van der Waals surface area contributed by atoms with Gasteiger partial charge in [0.05, 0.1) is 27.8 Å². The molecule has 0 radical (unpaired) electrons. The van der Waals surface area contributed by atoms with Crippen molar-refractivity contribution in [1.29, 1.82) is 0 Å². The summed E-state index contributed by atoms with van der Waals surface area (Å²) in [5, 5.41) is 4.64. The molecule has 6 nitrogen and oxygen atoms in total. The number of benzene rings is 3. The molecule has 1 N–H and O–H groups in total. The van der Waals surface area contributed by atoms with Crippen LogP contribution >= 0.6 is 11.3 Å². The minimum absolute atomic E-state index is 0.171. The van der Waals surface area contributed by atoms with E-state index in [0.717, 1.165) is 26.4 Å². The van der Waals surface area contributed by atoms with Crippen molar-refractivity contribution in [2.75, 3.05) is 13.6 Å². The zero-order valence-electron chi connectivity index (χ0n) is 20.7. The molecule has 3 aromatic carbocycles. The largest absolute Gasteiger partial charge is 0.464 e. The molecule has 5 rings (SSSR count). The summed E-state index contributed by atoms with van der Waals surface area (Å²) in [7, 11) is 1.78. The first-order valence-corrected chi connectivity index (χ1v) is 12.9. The topological polar surface area (TPSA) is 75.4 Å². The summed E-state index contributed by atoms with van der Waals surface area (Å²) in [4.78, 5) is 34.1. The Bertz CT molecular complexity index is 1530. The molecule has 0 bridgehead atoms. The second-order valence-corrected chi connectivity index (χ2v) is 10.1. The Morgan fingerprint density at radius 2 is 1.70 bits per heavy atom. The highest BCUT2D eigenvalue weighted by atomic mass is 32.1. The molecule has 0 saturated carbocycles. The number of aryl methyl sites for hydroxylation is 1. The number of likely N-dealkylation sites (N-methyl/N-ethyl adjacent to an activating group) is 1. The van der Waals surface area contributed by atoms with Gasteiger partial charge in [-0.15, -0.1) is 11.3 Å². The lowest BCUT2D eigenvalue weighted by molar-refractivity contribution is 0.0713. The quantitative estimate of drug-likeness (QED) is 0.279. The normalized spacial score (nSPS) is 11.8. The maximum Gasteiger partial charge on any atom is 0.274 e. The van der Waals surface area contributed by atoms with Crippen molar-refractivity contribution in [3.05, 3.63) is 113 Å². The molecule has 0 spiro atoms. The number of nitrogens with zero attached hydrogens (tertiary/aromatic N) is 2. The monoisotopic (exact) mass is 509 g/mol. The Kier molecular flexibility index (Phi) is 7.14. The van der Waals surface area contributed by atoms with Crippen molar-refractivity contribution >= 4 is 34.1 Å². The van der Waals surface area contributed by atoms with Gasteiger partial charge in [-0.1, -0.05) is 66.7 Å². The van der Waals surface area contributed by atoms with Gasteiger partial charge in [-0.3, -0.25) is 9.59 Å². The standard InChI is InChI=1S/C30H27N3O3S/c1-20-32-27(28(37-20)22-12-7-4-8-13-22)30(35)33(2)23(18-21-10-5-3-6-11-21)19-31-29(34)25-14-9-15-26-24(25)16-17-36-26/h3-17,23H,18-19H2,1-2H3,(H,31,34)/t23-/m1/s1. The van der Waals surface area contributed by atoms with Crippen molar-refractivity contribution in [2.45, 2.75) is 19.4 Å². The predicted molar refractivity (Wildman–Crippen MR) is 147 cm³/mol. The molecule has 0 aliphatic carbocycles. The summed E-state index contributed by atoms with van der Waals surface area (Å²) >= 11 is 1.51. The van der Waals surface area contributed by atoms with Gasteiger partial charge in [-0.2, -0.15) is 0 Å². The predicted octanol–water partition coefficient (Wildman–Crippen LogP) is 5.98. The highest BCUT2D eigenvalue weighted by Crippen LogP contribution is 2.31. The number of nitrogens with one attached hydrogen (secondary N) is 1. The smallest absolute Gasteiger partial charge is 0.274 e. The molecule has 0 aliphatic rings. The van der Waals surface area contributed by atoms with Crippen molar-refractivity contribution in [3.8, 4) is 10.4 Å². The molecule has 2 amide bonds. The summed E-state index contributed by atoms with van der Waals surface area (Å²) < 4.78 is 5.44. The Morgan fingerprint density at radius 1 is 0.973 bits per heavy atom. The summed E-state index contributed by atoms with van der Waals surface area (Å²) in [5.41, 5.74) is 3.68. The number of thiazole rings is 1. The molecule has 0 fully saturated rings. The highest BCUT2D eigenvalue weighted by Gasteiger charge is 2.27. The maximum atomic E-state index is 13.8. The van der Waals surface area contributed by atoms with Crippen molar-refractivity contribution in [2.24, 2.45) is 0 Å². The van der Waals surface area contributed by atoms with Crippen LogP contribution in [0.3, 0.4) is 0 Å². The van der Waals surface area contributed by atoms with Crippen LogP contribution in [0.2, 0.25) is 0 Å². The number of rotatable bonds is 8. The number of fused-ring (bicyclic) bond motifs is 1. The van der Waals surface area contributed by atoms with Crippen LogP contribution in [-0.2, 0) is 6.42 Å². The van der Waals surface area contributed by atoms with Crippen LogP contribution in [0.15, 0.2) is 95.6 Å². The van der Waals surface area contributed by atoms with E-state index in [2.05, 4.69) is 10.3 Å². The van der Waals surface area contributed by atoms with Gasteiger partial charge in [-0.25, -0.2) is 4.98 Å². The number of hydrogen-bond acceptors (Lipinski definition) is 5. The Morgan fingerprint density at radius 3 is 2.46 bits per heavy atom. The zero-order valence-corrected chi connectivity index (χ0v) is 21.5. The van der Waals surface area contributed by atoms with E-state index in [1.165, 1.54) is 11.3 Å². The van der Waals surface area contributed by atoms with Crippen molar-refractivity contribution < 1.29 is 14.0 Å². The van der Waals surface area contributed by atoms with Gasteiger partial charge in [0.2, 0.25) is 0 Å². The van der Waals surface area contributed by atoms with Gasteiger partial charge in [0.15, 0.2) is 0 Å². The number of furan rings is 1. The molecule has 5 aromatic rings. The van der Waals surface area contributed by atoms with Crippen molar-refractivity contribution in [3.63, 3.8) is 0 Å². The van der Waals surface area contributed by atoms with E-state index in [-0.39, 0.29) is 24.4 Å². The van der Waals surface area contributed by atoms with E-state index >= 15 is 0 Å². The van der Waals surface area contributed by atoms with Gasteiger partial charge < -0.3 is 14.6 Å². The molecule has 0 aliphatic heterocycles. The Labute approximate surface area is 219 Å². The third-order valence-corrected chi connectivity index (χ3v) is 7.41. The van der Waals surface area contributed by atoms with E-state index < -0.39 is 0 Å². The SMILES string of the molecule is Cc1nc(C(=O)N(C)[C@@H](CNC(=O)c2cccc3occc23)Cc2ccccc2)c(-c2ccccc2)s1. The van der Waals surface area contributed by atoms with Crippen LogP contribution in [0, 0.1) is 6.92 Å². The van der Waals surface area contributed by atoms with Gasteiger partial charge in [0, 0.05) is 19.0 Å². The average Bonchev–Trinajstić information content (AvgIpc) is 3.57. The summed E-state index contributed by atoms with van der Waals surface area (Å²) in [6.07, 6.45) is 2.16. The first-order valence-electron chi connectivity index (χ1n) is 12.1. The van der Waals surface area contributed by atoms with E-state index in [1.54, 1.807) is 36.4 Å². The van der Waals surface area contributed by atoms with E-state index in [9.17, 15) is 9.59 Å². The van der Waals surface area contributed by atoms with Crippen LogP contribution in [0.4, 0.5) is 0 Å². The Balaban J connectivity index is 1.40. The van der Waals surface area contributed by atoms with E-state index in [1.807, 2.05) is 73.7 Å². The van der Waals surface area contributed by atoms with Crippen LogP contribution in [0.5, 0.6) is 0 Å². The molecule has 37 heavy (non-hydrogen) atoms. The molecule has 2 heterocycles. The molecular formula is C30H27N3O3S. The van der Waals surface area contributed by atoms with Crippen LogP contribution in [-0.4, -0.2) is 41.3 Å². The molecule has 186 valence electrons. The number of hydrogen-bond donors (Lipinski definition) is 1. The van der Waals surface area contributed by atoms with Gasteiger partial charge in [0.1, 0.15) is 11.3 Å². The lowest BCUT2D eigenvalue weighted by atomic mass is 10.0. The molecule has 0 unspecified atom stereocenters. The molecule has 7 heteroatoms. The fraction of sp³-hybridized carbons (Fsp3) is 0.167. The number of amides is 2. The summed E-state index contributed by atoms with van der Waals surface area (Å²) in [5.74, 6) is -0.379. The fourth-order valence-corrected chi connectivity index (χ4v) is 5.34. The fourth-order valence-electron chi connectivity index (χ4n) is 4.42. The Hall–Kier alpha value is -4.23. The molecule has 1 atom stereocenters. The number of carbonyl (C=O) groups excluding carboxylic acids is 2. The van der Waals surface area contributed by atoms with Crippen LogP contribution in [0.25, 0.3) is 21.4 Å². The second-order valence-electron chi connectivity index (χ2n) is 8.88. The molecular weight excluding hydrogens is 482 g/mol. The van der Waals surface area contributed by atoms with E-state index in [0.29, 0.717) is 23.3 Å². The third-order valence-electron chi connectivity index (χ3n) is 6.39. The number of carbonyl (C=O) groups is 2. The summed E-state index contributed by atoms with van der Waals surface area (Å²) in [6, 6.07) is 26.7. The average molecular weight is 510 g/mol. The maximum absolute atomic E-state index is 13.8. The first-order chi connectivity index (χ1) is 18.0. The van der Waals surface area contributed by atoms with E-state index in [4.69, 9.17) is 4.42 Å². The summed E-state index contributed by atoms with van der Waals surface area (Å²) in [6.45, 7) is 2.19. The third kappa shape index (κ3) is 5.32. The second kappa shape index (κ2) is 10.8. The zero-order chi connectivity index (χ0) is 25.8. The minimum Gasteiger partial charge on any atom is -0.464 e. The van der Waals surface area contributed by atoms with Gasteiger partial charge in [0.25, 0.3) is 11.8 Å². The van der Waals surface area contributed by atoms with Gasteiger partial charge in [-0.05, 0) is 42.7 Å². The molecule has 2 aromatic heterocycles. The van der Waals surface area contributed by atoms with Crippen LogP contribution in [0.1, 0.15) is 31.4 Å².